The van der Waals surface area contributed by atoms with E-state index in [1.165, 1.54) is 5.69 Å². The quantitative estimate of drug-likeness (QED) is 0.823. The van der Waals surface area contributed by atoms with Gasteiger partial charge in [0.05, 0.1) is 5.60 Å². The van der Waals surface area contributed by atoms with Crippen LogP contribution >= 0.6 is 0 Å². The van der Waals surface area contributed by atoms with E-state index < -0.39 is 0 Å². The van der Waals surface area contributed by atoms with Crippen LogP contribution in [0.4, 0.5) is 0 Å². The topological polar surface area (TPSA) is 48.3 Å². The number of nitrogens with one attached hydrogen (secondary N) is 1. The van der Waals surface area contributed by atoms with Crippen LogP contribution in [0.5, 0.6) is 0 Å². The van der Waals surface area contributed by atoms with Crippen LogP contribution in [0.25, 0.3) is 0 Å². The molecule has 1 atom stereocenters. The lowest BCUT2D eigenvalue weighted by atomic mass is 9.83. The Balaban J connectivity index is 2.02. The van der Waals surface area contributed by atoms with Crippen molar-refractivity contribution >= 4 is 0 Å². The average molecular weight is 281 g/mol. The second kappa shape index (κ2) is 7.20. The zero-order valence-electron chi connectivity index (χ0n) is 12.9. The van der Waals surface area contributed by atoms with Crippen molar-refractivity contribution in [3.05, 3.63) is 18.0 Å². The fraction of sp³-hybridized carbons (Fsp3) is 0.800. The molecule has 0 bridgehead atoms. The van der Waals surface area contributed by atoms with Gasteiger partial charge in [-0.1, -0.05) is 0 Å². The molecule has 5 heteroatoms. The van der Waals surface area contributed by atoms with Crippen molar-refractivity contribution in [2.45, 2.75) is 44.2 Å². The highest BCUT2D eigenvalue weighted by Crippen LogP contribution is 2.31. The molecule has 1 unspecified atom stereocenters. The van der Waals surface area contributed by atoms with Gasteiger partial charge in [0.15, 0.2) is 0 Å². The van der Waals surface area contributed by atoms with E-state index in [0.29, 0.717) is 6.04 Å². The van der Waals surface area contributed by atoms with Crippen molar-refractivity contribution in [3.63, 3.8) is 0 Å². The number of likely N-dealkylation sites (N-methyl/N-ethyl adjacent to an activating group) is 1. The van der Waals surface area contributed by atoms with Crippen LogP contribution in [0.2, 0.25) is 0 Å². The lowest BCUT2D eigenvalue weighted by Gasteiger charge is -2.43. The molecule has 114 valence electrons. The predicted molar refractivity (Wildman–Crippen MR) is 78.8 cm³/mol. The van der Waals surface area contributed by atoms with Crippen molar-refractivity contribution in [2.75, 3.05) is 26.9 Å². The second-order valence-electron chi connectivity index (χ2n) is 5.44. The van der Waals surface area contributed by atoms with Crippen LogP contribution in [0.15, 0.2) is 12.3 Å². The van der Waals surface area contributed by atoms with Gasteiger partial charge in [-0.3, -0.25) is 4.68 Å². The first-order valence-corrected chi connectivity index (χ1v) is 7.57. The number of nitrogens with zero attached hydrogens (tertiary/aromatic N) is 2. The van der Waals surface area contributed by atoms with Gasteiger partial charge < -0.3 is 14.8 Å². The highest BCUT2D eigenvalue weighted by Gasteiger charge is 2.40. The SMILES string of the molecule is CCOC1(C(CCc2ccnn2C)NC)CCOCC1. The van der Waals surface area contributed by atoms with Crippen molar-refractivity contribution in [1.82, 2.24) is 15.1 Å². The Labute approximate surface area is 121 Å². The molecule has 2 rings (SSSR count). The van der Waals surface area contributed by atoms with E-state index in [9.17, 15) is 0 Å². The summed E-state index contributed by atoms with van der Waals surface area (Å²) in [4.78, 5) is 0. The Bertz CT molecular complexity index is 394. The third kappa shape index (κ3) is 3.40. The highest BCUT2D eigenvalue weighted by atomic mass is 16.5. The maximum absolute atomic E-state index is 6.16. The van der Waals surface area contributed by atoms with E-state index in [1.54, 1.807) is 0 Å². The van der Waals surface area contributed by atoms with Gasteiger partial charge in [0.25, 0.3) is 0 Å². The van der Waals surface area contributed by atoms with Crippen LogP contribution in [-0.2, 0) is 22.9 Å². The van der Waals surface area contributed by atoms with Crippen molar-refractivity contribution in [3.8, 4) is 0 Å². The molecule has 1 aliphatic rings. The molecule has 0 aliphatic carbocycles. The van der Waals surface area contributed by atoms with Gasteiger partial charge in [-0.05, 0) is 32.9 Å². The first-order chi connectivity index (χ1) is 9.72. The summed E-state index contributed by atoms with van der Waals surface area (Å²) in [6.07, 6.45) is 5.86. The van der Waals surface area contributed by atoms with Gasteiger partial charge in [0.2, 0.25) is 0 Å². The molecule has 0 radical (unpaired) electrons. The zero-order valence-corrected chi connectivity index (χ0v) is 12.9. The summed E-state index contributed by atoms with van der Waals surface area (Å²) < 4.78 is 13.6. The zero-order chi connectivity index (χ0) is 14.4. The second-order valence-corrected chi connectivity index (χ2v) is 5.44. The number of rotatable bonds is 7. The first-order valence-electron chi connectivity index (χ1n) is 7.57. The molecule has 0 amide bonds. The Morgan fingerprint density at radius 2 is 2.25 bits per heavy atom. The molecule has 20 heavy (non-hydrogen) atoms. The molecule has 1 N–H and O–H groups in total. The van der Waals surface area contributed by atoms with Gasteiger partial charge in [-0.25, -0.2) is 0 Å². The summed E-state index contributed by atoms with van der Waals surface area (Å²) in [5.41, 5.74) is 1.18. The maximum Gasteiger partial charge on any atom is 0.0878 e. The van der Waals surface area contributed by atoms with Crippen LogP contribution in [-0.4, -0.2) is 48.3 Å². The molecule has 0 saturated carbocycles. The Hall–Kier alpha value is -0.910. The van der Waals surface area contributed by atoms with E-state index in [0.717, 1.165) is 45.5 Å². The molecule has 1 aliphatic heterocycles. The fourth-order valence-corrected chi connectivity index (χ4v) is 3.21. The van der Waals surface area contributed by atoms with Crippen LogP contribution in [0.3, 0.4) is 0 Å². The Morgan fingerprint density at radius 3 is 2.80 bits per heavy atom. The largest absolute Gasteiger partial charge is 0.381 e. The number of hydrogen-bond acceptors (Lipinski definition) is 4. The molecule has 0 spiro atoms. The van der Waals surface area contributed by atoms with Gasteiger partial charge in [-0.15, -0.1) is 0 Å². The maximum atomic E-state index is 6.16. The molecule has 0 aromatic carbocycles. The third-order valence-electron chi connectivity index (χ3n) is 4.37. The molecule has 1 saturated heterocycles. The Kier molecular flexibility index (Phi) is 5.57. The molecular formula is C15H27N3O2. The van der Waals surface area contributed by atoms with E-state index in [1.807, 2.05) is 25.0 Å². The number of aryl methyl sites for hydroxylation is 2. The fourth-order valence-electron chi connectivity index (χ4n) is 3.21. The normalized spacial score (nSPS) is 19.9. The highest BCUT2D eigenvalue weighted by molar-refractivity contribution is 5.03. The third-order valence-corrected chi connectivity index (χ3v) is 4.37. The summed E-state index contributed by atoms with van der Waals surface area (Å²) in [5, 5.41) is 7.70. The molecule has 2 heterocycles. The summed E-state index contributed by atoms with van der Waals surface area (Å²) in [6.45, 7) is 4.42. The minimum Gasteiger partial charge on any atom is -0.381 e. The van der Waals surface area contributed by atoms with Gasteiger partial charge in [-0.2, -0.15) is 5.10 Å². The van der Waals surface area contributed by atoms with Crippen molar-refractivity contribution < 1.29 is 9.47 Å². The molecule has 1 fully saturated rings. The molecule has 5 nitrogen and oxygen atoms in total. The number of aromatic nitrogens is 2. The minimum absolute atomic E-state index is 0.0830. The Morgan fingerprint density at radius 1 is 1.50 bits per heavy atom. The van der Waals surface area contributed by atoms with Crippen LogP contribution in [0, 0.1) is 0 Å². The van der Waals surface area contributed by atoms with Crippen molar-refractivity contribution in [2.24, 2.45) is 7.05 Å². The van der Waals surface area contributed by atoms with Crippen LogP contribution < -0.4 is 5.32 Å². The monoisotopic (exact) mass is 281 g/mol. The van der Waals surface area contributed by atoms with Gasteiger partial charge in [0, 0.05) is 57.6 Å². The smallest absolute Gasteiger partial charge is 0.0878 e. The summed E-state index contributed by atoms with van der Waals surface area (Å²) in [6, 6.07) is 2.44. The van der Waals surface area contributed by atoms with E-state index >= 15 is 0 Å². The molecular weight excluding hydrogens is 254 g/mol. The predicted octanol–water partition coefficient (Wildman–Crippen LogP) is 1.53. The van der Waals surface area contributed by atoms with Gasteiger partial charge in [0.1, 0.15) is 0 Å². The molecule has 1 aromatic heterocycles. The van der Waals surface area contributed by atoms with Crippen LogP contribution in [0.1, 0.15) is 31.9 Å². The minimum atomic E-state index is -0.0830. The lowest BCUT2D eigenvalue weighted by molar-refractivity contribution is -0.126. The number of ether oxygens (including phenoxy) is 2. The number of hydrogen-bond donors (Lipinski definition) is 1. The summed E-state index contributed by atoms with van der Waals surface area (Å²) >= 11 is 0. The standard InChI is InChI=1S/C15H27N3O2/c1-4-20-15(8-11-19-12-9-15)14(16-2)6-5-13-7-10-17-18(13)3/h7,10,14,16H,4-6,8-9,11-12H2,1-3H3. The summed E-state index contributed by atoms with van der Waals surface area (Å²) in [5.74, 6) is 0. The lowest BCUT2D eigenvalue weighted by Crippen LogP contribution is -2.54. The van der Waals surface area contributed by atoms with E-state index in [2.05, 4.69) is 23.4 Å². The van der Waals surface area contributed by atoms with E-state index in [-0.39, 0.29) is 5.60 Å². The molecule has 1 aromatic rings. The van der Waals surface area contributed by atoms with Gasteiger partial charge >= 0.3 is 0 Å². The van der Waals surface area contributed by atoms with E-state index in [4.69, 9.17) is 9.47 Å². The summed E-state index contributed by atoms with van der Waals surface area (Å²) in [7, 11) is 4.03. The van der Waals surface area contributed by atoms with Crippen molar-refractivity contribution in [1.29, 1.82) is 0 Å². The first kappa shape index (κ1) is 15.5. The average Bonchev–Trinajstić information content (AvgIpc) is 2.86.